The number of hydrogen-bond donors (Lipinski definition) is 2. The van der Waals surface area contributed by atoms with E-state index in [1.165, 1.54) is 4.46 Å². The molecule has 0 fully saturated rings. The predicted octanol–water partition coefficient (Wildman–Crippen LogP) is 5.57. The maximum absolute atomic E-state index is 11.3. The third-order valence-corrected chi connectivity index (χ3v) is 14.8. The van der Waals surface area contributed by atoms with Crippen LogP contribution in [0.5, 0.6) is 0 Å². The summed E-state index contributed by atoms with van der Waals surface area (Å²) in [5.41, 5.74) is 1.15. The van der Waals surface area contributed by atoms with Gasteiger partial charge in [-0.2, -0.15) is 0 Å². The van der Waals surface area contributed by atoms with Gasteiger partial charge < -0.3 is 0 Å². The molecular formula is C29H46O4SeSi. The topological polar surface area (TPSA) is 58.9 Å². The molecule has 0 saturated carbocycles. The van der Waals surface area contributed by atoms with Crippen LogP contribution in [0.2, 0.25) is 22.9 Å². The third-order valence-electron chi connectivity index (χ3n) is 6.87. The Hall–Kier alpha value is -0.984. The van der Waals surface area contributed by atoms with Gasteiger partial charge in [-0.1, -0.05) is 0 Å². The van der Waals surface area contributed by atoms with Gasteiger partial charge in [0.05, 0.1) is 0 Å². The van der Waals surface area contributed by atoms with Crippen LogP contribution in [-0.2, 0) is 15.8 Å². The summed E-state index contributed by atoms with van der Waals surface area (Å²) in [5, 5.41) is 22.3. The van der Waals surface area contributed by atoms with Gasteiger partial charge in [0.1, 0.15) is 0 Å². The average molecular weight is 566 g/mol. The third kappa shape index (κ3) is 10.5. The number of rotatable bonds is 14. The standard InChI is InChI=1S/C29H46O4SeSi/c1-22(20-32-21-24-14-10-8-11-15-24)28(34-26-16-12-9-13-17-26)27(31)19-25(30)18-23(2)33-35(6,7)29(3,4)5/h8-17,22-23,25,27-28,30-31H,18-21H2,1-7H3/t22-,23-,25+,27+,28+/m0/s1. The van der Waals surface area contributed by atoms with Crippen molar-refractivity contribution >= 4 is 27.7 Å². The number of aliphatic hydroxyl groups is 2. The Morgan fingerprint density at radius 3 is 2.03 bits per heavy atom. The molecule has 0 heterocycles. The van der Waals surface area contributed by atoms with Crippen molar-refractivity contribution in [1.82, 2.24) is 0 Å². The van der Waals surface area contributed by atoms with Gasteiger partial charge in [0.2, 0.25) is 0 Å². The Kier molecular flexibility index (Phi) is 12.2. The molecule has 0 radical (unpaired) electrons. The molecular weight excluding hydrogens is 519 g/mol. The van der Waals surface area contributed by atoms with Crippen molar-refractivity contribution in [3.8, 4) is 0 Å². The molecule has 4 nitrogen and oxygen atoms in total. The molecule has 35 heavy (non-hydrogen) atoms. The summed E-state index contributed by atoms with van der Waals surface area (Å²) < 4.78 is 13.7. The van der Waals surface area contributed by atoms with E-state index in [4.69, 9.17) is 9.16 Å². The molecule has 2 N–H and O–H groups in total. The summed E-state index contributed by atoms with van der Waals surface area (Å²) in [6.45, 7) is 16.5. The van der Waals surface area contributed by atoms with E-state index in [0.717, 1.165) is 5.56 Å². The van der Waals surface area contributed by atoms with E-state index < -0.39 is 20.5 Å². The summed E-state index contributed by atoms with van der Waals surface area (Å²) in [6, 6.07) is 20.5. The quantitative estimate of drug-likeness (QED) is 0.294. The summed E-state index contributed by atoms with van der Waals surface area (Å²) in [6.07, 6.45) is -0.347. The van der Waals surface area contributed by atoms with E-state index in [9.17, 15) is 10.2 Å². The Morgan fingerprint density at radius 2 is 1.46 bits per heavy atom. The van der Waals surface area contributed by atoms with Crippen LogP contribution in [0.4, 0.5) is 0 Å². The molecule has 0 aromatic heterocycles. The van der Waals surface area contributed by atoms with Crippen molar-refractivity contribution in [3.05, 3.63) is 66.2 Å². The fourth-order valence-corrected chi connectivity index (χ4v) is 7.87. The number of benzene rings is 2. The fourth-order valence-electron chi connectivity index (χ4n) is 3.88. The van der Waals surface area contributed by atoms with Gasteiger partial charge >= 0.3 is 221 Å². The first kappa shape index (κ1) is 30.2. The Labute approximate surface area is 220 Å². The second kappa shape index (κ2) is 14.1. The fraction of sp³-hybridized carbons (Fsp3) is 0.586. The van der Waals surface area contributed by atoms with Gasteiger partial charge in [0, 0.05) is 0 Å². The molecule has 0 spiro atoms. The van der Waals surface area contributed by atoms with Crippen LogP contribution in [0.1, 0.15) is 53.0 Å². The van der Waals surface area contributed by atoms with Gasteiger partial charge in [-0.25, -0.2) is 0 Å². The molecule has 0 bridgehead atoms. The SMILES string of the molecule is C[C@@H](C[C@@H](O)C[C@@H](O)[C@H]([Se]c1ccccc1)[C@@H](C)COCc1ccccc1)O[Si](C)(C)C(C)(C)C. The zero-order valence-electron chi connectivity index (χ0n) is 22.6. The molecule has 0 saturated heterocycles. The molecule has 0 aliphatic heterocycles. The van der Waals surface area contributed by atoms with Crippen molar-refractivity contribution in [2.75, 3.05) is 6.61 Å². The first-order valence-electron chi connectivity index (χ1n) is 12.8. The molecule has 5 atom stereocenters. The Morgan fingerprint density at radius 1 is 0.886 bits per heavy atom. The van der Waals surface area contributed by atoms with E-state index in [2.05, 4.69) is 65.1 Å². The van der Waals surface area contributed by atoms with Crippen LogP contribution in [0.3, 0.4) is 0 Å². The van der Waals surface area contributed by atoms with E-state index in [0.29, 0.717) is 26.1 Å². The average Bonchev–Trinajstić information content (AvgIpc) is 2.77. The molecule has 0 unspecified atom stereocenters. The van der Waals surface area contributed by atoms with Gasteiger partial charge in [-0.05, 0) is 0 Å². The minimum absolute atomic E-state index is 0.0391. The summed E-state index contributed by atoms with van der Waals surface area (Å²) in [5.74, 6) is 0.169. The van der Waals surface area contributed by atoms with Crippen LogP contribution in [-0.4, -0.2) is 58.4 Å². The monoisotopic (exact) mass is 566 g/mol. The minimum atomic E-state index is -1.90. The molecule has 0 aliphatic carbocycles. The van der Waals surface area contributed by atoms with Crippen molar-refractivity contribution in [3.63, 3.8) is 0 Å². The van der Waals surface area contributed by atoms with Crippen molar-refractivity contribution < 1.29 is 19.4 Å². The normalized spacial score (nSPS) is 16.9. The second-order valence-corrected chi connectivity index (χ2v) is 18.6. The van der Waals surface area contributed by atoms with E-state index in [1.54, 1.807) is 0 Å². The summed E-state index contributed by atoms with van der Waals surface area (Å²) in [7, 11) is -1.90. The molecule has 2 rings (SSSR count). The zero-order chi connectivity index (χ0) is 26.1. The van der Waals surface area contributed by atoms with Crippen LogP contribution >= 0.6 is 0 Å². The van der Waals surface area contributed by atoms with E-state index >= 15 is 0 Å². The van der Waals surface area contributed by atoms with E-state index in [1.807, 2.05) is 43.3 Å². The summed E-state index contributed by atoms with van der Waals surface area (Å²) in [4.78, 5) is 0.0481. The zero-order valence-corrected chi connectivity index (χ0v) is 25.3. The Balaban J connectivity index is 1.98. The first-order valence-corrected chi connectivity index (χ1v) is 17.5. The summed E-state index contributed by atoms with van der Waals surface area (Å²) >= 11 is 0.0686. The molecule has 0 amide bonds. The van der Waals surface area contributed by atoms with Gasteiger partial charge in [-0.15, -0.1) is 0 Å². The van der Waals surface area contributed by atoms with Crippen LogP contribution in [0.15, 0.2) is 60.7 Å². The molecule has 196 valence electrons. The molecule has 2 aromatic carbocycles. The molecule has 2 aromatic rings. The van der Waals surface area contributed by atoms with Crippen LogP contribution in [0.25, 0.3) is 0 Å². The van der Waals surface area contributed by atoms with Crippen LogP contribution < -0.4 is 4.46 Å². The molecule has 0 aliphatic rings. The van der Waals surface area contributed by atoms with Gasteiger partial charge in [0.25, 0.3) is 0 Å². The predicted molar refractivity (Wildman–Crippen MR) is 150 cm³/mol. The first-order chi connectivity index (χ1) is 16.4. The van der Waals surface area contributed by atoms with E-state index in [-0.39, 0.29) is 36.8 Å². The Bertz CT molecular complexity index is 841. The van der Waals surface area contributed by atoms with Gasteiger partial charge in [0.15, 0.2) is 0 Å². The van der Waals surface area contributed by atoms with Crippen molar-refractivity contribution in [2.24, 2.45) is 5.92 Å². The second-order valence-electron chi connectivity index (χ2n) is 11.3. The van der Waals surface area contributed by atoms with Gasteiger partial charge in [-0.3, -0.25) is 0 Å². The maximum atomic E-state index is 11.3. The van der Waals surface area contributed by atoms with Crippen molar-refractivity contribution in [1.29, 1.82) is 0 Å². The number of hydrogen-bond acceptors (Lipinski definition) is 4. The van der Waals surface area contributed by atoms with Crippen molar-refractivity contribution in [2.45, 2.75) is 95.3 Å². The number of ether oxygens (including phenoxy) is 1. The number of aliphatic hydroxyl groups excluding tert-OH is 2. The molecule has 6 heteroatoms. The van der Waals surface area contributed by atoms with Crippen LogP contribution in [0, 0.1) is 5.92 Å².